The molecular weight excluding hydrogens is 454 g/mol. The van der Waals surface area contributed by atoms with Crippen LogP contribution in [0.2, 0.25) is 0 Å². The van der Waals surface area contributed by atoms with Gasteiger partial charge >= 0.3 is 13.6 Å². The molecule has 1 unspecified atom stereocenters. The molecule has 4 rings (SSSR count). The van der Waals surface area contributed by atoms with Crippen LogP contribution in [0.3, 0.4) is 0 Å². The van der Waals surface area contributed by atoms with E-state index in [1.807, 2.05) is 12.1 Å². The van der Waals surface area contributed by atoms with Crippen LogP contribution in [-0.4, -0.2) is 22.1 Å². The molecule has 0 aliphatic rings. The summed E-state index contributed by atoms with van der Waals surface area (Å²) in [6.07, 6.45) is 1.82. The fraction of sp³-hybridized carbons (Fsp3) is 0.0952. The fourth-order valence-corrected chi connectivity index (χ4v) is 3.33. The first-order valence-corrected chi connectivity index (χ1v) is 11.1. The van der Waals surface area contributed by atoms with E-state index in [2.05, 4.69) is 14.7 Å². The maximum atomic E-state index is 13.2. The van der Waals surface area contributed by atoms with Gasteiger partial charge in [-0.2, -0.15) is 9.37 Å². The molecule has 0 bridgehead atoms. The van der Waals surface area contributed by atoms with E-state index in [-0.39, 0.29) is 11.7 Å². The molecule has 12 heteroatoms. The van der Waals surface area contributed by atoms with Crippen molar-refractivity contribution >= 4 is 13.6 Å². The van der Waals surface area contributed by atoms with Gasteiger partial charge in [0.15, 0.2) is 5.76 Å². The number of ether oxygens (including phenoxy) is 1. The summed E-state index contributed by atoms with van der Waals surface area (Å²) in [5.74, 6) is 0.429. The lowest BCUT2D eigenvalue weighted by atomic mass is 10.1. The highest BCUT2D eigenvalue weighted by atomic mass is 31.2. The molecule has 10 nitrogen and oxygen atoms in total. The van der Waals surface area contributed by atoms with Crippen LogP contribution in [0.1, 0.15) is 11.3 Å². The molecule has 0 amide bonds. The molecule has 0 fully saturated rings. The Bertz CT molecular complexity index is 1310. The minimum Gasteiger partial charge on any atom is -0.439 e. The minimum absolute atomic E-state index is 0.0268. The van der Waals surface area contributed by atoms with Crippen molar-refractivity contribution in [1.29, 1.82) is 0 Å². The Kier molecular flexibility index (Phi) is 6.36. The quantitative estimate of drug-likeness (QED) is 0.225. The number of phosphoric acid groups is 1. The van der Waals surface area contributed by atoms with Crippen molar-refractivity contribution in [2.45, 2.75) is 6.42 Å². The number of aromatic nitrogens is 3. The summed E-state index contributed by atoms with van der Waals surface area (Å²) in [4.78, 5) is 13.2. The summed E-state index contributed by atoms with van der Waals surface area (Å²) in [6.45, 7) is 0. The van der Waals surface area contributed by atoms with Crippen LogP contribution in [0.4, 0.5) is 10.2 Å². The number of phosphoric ester groups is 1. The third-order valence-electron chi connectivity index (χ3n) is 4.46. The van der Waals surface area contributed by atoms with Crippen molar-refractivity contribution in [2.24, 2.45) is 0 Å². The molecule has 3 aromatic heterocycles. The van der Waals surface area contributed by atoms with E-state index in [0.29, 0.717) is 29.2 Å². The molecule has 3 heterocycles. The second-order valence-corrected chi connectivity index (χ2v) is 8.24. The monoisotopic (exact) mass is 473 g/mol. The van der Waals surface area contributed by atoms with Crippen molar-refractivity contribution in [3.8, 4) is 23.0 Å². The molecule has 1 aromatic carbocycles. The lowest BCUT2D eigenvalue weighted by Crippen LogP contribution is -2.43. The Morgan fingerprint density at radius 1 is 1.18 bits per heavy atom. The van der Waals surface area contributed by atoms with Crippen LogP contribution < -0.4 is 19.8 Å². The zero-order chi connectivity index (χ0) is 23.4. The summed E-state index contributed by atoms with van der Waals surface area (Å²) in [6, 6.07) is 16.4. The smallest absolute Gasteiger partial charge is 0.439 e. The summed E-state index contributed by atoms with van der Waals surface area (Å²) in [7, 11) is -3.26. The third-order valence-corrected chi connectivity index (χ3v) is 5.31. The predicted octanol–water partition coefficient (Wildman–Crippen LogP) is 3.30. The van der Waals surface area contributed by atoms with Gasteiger partial charge in [-0.05, 0) is 40.6 Å². The predicted molar refractivity (Wildman–Crippen MR) is 113 cm³/mol. The number of nitrogen functional groups attached to an aromatic ring is 1. The molecule has 0 spiro atoms. The highest BCUT2D eigenvalue weighted by Crippen LogP contribution is 2.37. The summed E-state index contributed by atoms with van der Waals surface area (Å²) in [5, 5.41) is 4.06. The van der Waals surface area contributed by atoms with Crippen LogP contribution in [0, 0.1) is 5.95 Å². The molecule has 3 N–H and O–H groups in total. The van der Waals surface area contributed by atoms with E-state index in [9.17, 15) is 13.8 Å². The lowest BCUT2D eigenvalue weighted by Gasteiger charge is -2.08. The normalized spacial score (nSPS) is 12.8. The maximum absolute atomic E-state index is 13.2. The second kappa shape index (κ2) is 9.37. The van der Waals surface area contributed by atoms with Gasteiger partial charge in [0.2, 0.25) is 11.8 Å². The van der Waals surface area contributed by atoms with Crippen LogP contribution in [0.25, 0.3) is 11.3 Å². The Hall–Kier alpha value is -3.79. The zero-order valence-corrected chi connectivity index (χ0v) is 18.2. The topological polar surface area (TPSA) is 134 Å². The number of anilines is 1. The Morgan fingerprint density at radius 2 is 1.97 bits per heavy atom. The number of nitrogens with zero attached hydrogens (tertiary/aromatic N) is 3. The molecule has 0 radical (unpaired) electrons. The Labute approximate surface area is 187 Å². The van der Waals surface area contributed by atoms with E-state index < -0.39 is 13.8 Å². The Morgan fingerprint density at radius 3 is 2.70 bits per heavy atom. The number of rotatable bonds is 8. The van der Waals surface area contributed by atoms with E-state index in [1.165, 1.54) is 18.3 Å². The largest absolute Gasteiger partial charge is 0.563 e. The van der Waals surface area contributed by atoms with Crippen molar-refractivity contribution < 1.29 is 37.0 Å². The zero-order valence-electron chi connectivity index (χ0n) is 17.3. The number of hydrogen-bond acceptors (Lipinski definition) is 8. The highest BCUT2D eigenvalue weighted by Gasteiger charge is 2.27. The van der Waals surface area contributed by atoms with Gasteiger partial charge in [0, 0.05) is 25.7 Å². The van der Waals surface area contributed by atoms with Crippen molar-refractivity contribution in [3.05, 3.63) is 84.1 Å². The van der Waals surface area contributed by atoms with Gasteiger partial charge in [-0.3, -0.25) is 15.2 Å². The standard InChI is InChI=1S/C21H18FN4O6P/c1-29-33(27,28)32-26-11-3-4-17(21(26)23)18-13-15(25-31-18)12-14-7-9-16(10-8-14)30-20-6-2-5-19(22)24-20/h2-11,13,23H,12H2,1H3,(H,27,28)/p+1. The lowest BCUT2D eigenvalue weighted by molar-refractivity contribution is -0.848. The van der Waals surface area contributed by atoms with Gasteiger partial charge in [0.1, 0.15) is 17.5 Å². The molecular formula is C21H19FN4O6P+. The first kappa shape index (κ1) is 22.4. The first-order valence-electron chi connectivity index (χ1n) is 9.57. The summed E-state index contributed by atoms with van der Waals surface area (Å²) >= 11 is 0. The minimum atomic E-state index is -4.30. The van der Waals surface area contributed by atoms with Gasteiger partial charge in [-0.1, -0.05) is 23.4 Å². The fourth-order valence-electron chi connectivity index (χ4n) is 2.90. The molecule has 0 aliphatic carbocycles. The summed E-state index contributed by atoms with van der Waals surface area (Å²) < 4.78 is 46.0. The van der Waals surface area contributed by atoms with Crippen molar-refractivity contribution in [1.82, 2.24) is 10.1 Å². The SMILES string of the molecule is COP(=O)(O)O[n+]1cccc(-c2cc(Cc3ccc(Oc4cccc(F)n4)cc3)no2)c1N. The van der Waals surface area contributed by atoms with Gasteiger partial charge < -0.3 is 9.26 Å². The van der Waals surface area contributed by atoms with Gasteiger partial charge in [-0.15, -0.1) is 0 Å². The average molecular weight is 473 g/mol. The second-order valence-electron chi connectivity index (χ2n) is 6.77. The average Bonchev–Trinajstić information content (AvgIpc) is 3.25. The maximum Gasteiger partial charge on any atom is 0.563 e. The number of nitrogens with two attached hydrogens (primary N) is 1. The third kappa shape index (κ3) is 5.53. The van der Waals surface area contributed by atoms with Crippen LogP contribution in [0.5, 0.6) is 11.6 Å². The van der Waals surface area contributed by atoms with Gasteiger partial charge in [0.05, 0.1) is 5.69 Å². The van der Waals surface area contributed by atoms with Crippen LogP contribution in [-0.2, 0) is 15.5 Å². The molecule has 0 saturated heterocycles. The molecule has 1 atom stereocenters. The molecule has 4 aromatic rings. The number of hydrogen-bond donors (Lipinski definition) is 2. The number of benzene rings is 1. The number of pyridine rings is 2. The van der Waals surface area contributed by atoms with E-state index in [1.54, 1.807) is 36.4 Å². The molecule has 33 heavy (non-hydrogen) atoms. The molecule has 170 valence electrons. The van der Waals surface area contributed by atoms with E-state index in [0.717, 1.165) is 17.4 Å². The van der Waals surface area contributed by atoms with Gasteiger partial charge in [0.25, 0.3) is 0 Å². The number of halogens is 1. The van der Waals surface area contributed by atoms with Crippen molar-refractivity contribution in [3.63, 3.8) is 0 Å². The Balaban J connectivity index is 1.46. The van der Waals surface area contributed by atoms with E-state index >= 15 is 0 Å². The van der Waals surface area contributed by atoms with Crippen molar-refractivity contribution in [2.75, 3.05) is 12.8 Å². The molecule has 0 saturated carbocycles. The summed E-state index contributed by atoms with van der Waals surface area (Å²) in [5.41, 5.74) is 8.02. The van der Waals surface area contributed by atoms with Crippen LogP contribution in [0.15, 0.2) is 71.4 Å². The van der Waals surface area contributed by atoms with E-state index in [4.69, 9.17) is 19.6 Å². The first-order chi connectivity index (χ1) is 15.8. The van der Waals surface area contributed by atoms with Gasteiger partial charge in [-0.25, -0.2) is 9.19 Å². The van der Waals surface area contributed by atoms with Crippen LogP contribution >= 0.6 is 7.82 Å². The highest BCUT2D eigenvalue weighted by molar-refractivity contribution is 7.47. The molecule has 0 aliphatic heterocycles.